The van der Waals surface area contributed by atoms with Crippen LogP contribution < -0.4 is 5.11 Å². The fourth-order valence-electron chi connectivity index (χ4n) is 2.64. The highest BCUT2D eigenvalue weighted by molar-refractivity contribution is 5.30. The Bertz CT molecular complexity index is 528. The normalized spacial score (nSPS) is 13.9. The van der Waals surface area contributed by atoms with E-state index in [9.17, 15) is 10.2 Å². The molecule has 0 fully saturated rings. The summed E-state index contributed by atoms with van der Waals surface area (Å²) in [7, 11) is 0. The molecule has 2 atom stereocenters. The van der Waals surface area contributed by atoms with Crippen molar-refractivity contribution in [3.63, 3.8) is 0 Å². The van der Waals surface area contributed by atoms with Gasteiger partial charge in [-0.1, -0.05) is 50.2 Å². The number of hydrogen-bond donors (Lipinski definition) is 1. The van der Waals surface area contributed by atoms with Gasteiger partial charge in [0.15, 0.2) is 0 Å². The van der Waals surface area contributed by atoms with E-state index in [1.54, 1.807) is 24.3 Å². The van der Waals surface area contributed by atoms with E-state index >= 15 is 0 Å². The SMILES string of the molecule is CCC(CC(C)c1ccc(O)cc1)c1ccc([O-])cc1. The molecule has 2 aromatic rings. The van der Waals surface area contributed by atoms with Crippen molar-refractivity contribution in [2.24, 2.45) is 0 Å². The summed E-state index contributed by atoms with van der Waals surface area (Å²) in [5.74, 6) is 1.25. The first-order valence-corrected chi connectivity index (χ1v) is 7.16. The summed E-state index contributed by atoms with van der Waals surface area (Å²) in [6.07, 6.45) is 2.10. The third kappa shape index (κ3) is 3.53. The fourth-order valence-corrected chi connectivity index (χ4v) is 2.64. The Kier molecular flexibility index (Phi) is 4.67. The lowest BCUT2D eigenvalue weighted by Gasteiger charge is -2.21. The molecule has 2 heteroatoms. The van der Waals surface area contributed by atoms with Gasteiger partial charge in [-0.2, -0.15) is 0 Å². The Labute approximate surface area is 120 Å². The van der Waals surface area contributed by atoms with Gasteiger partial charge in [-0.25, -0.2) is 0 Å². The minimum atomic E-state index is 0.0650. The molecule has 2 unspecified atom stereocenters. The van der Waals surface area contributed by atoms with Crippen molar-refractivity contribution < 1.29 is 10.2 Å². The molecule has 0 aromatic heterocycles. The van der Waals surface area contributed by atoms with E-state index < -0.39 is 0 Å². The zero-order valence-electron chi connectivity index (χ0n) is 12.0. The molecule has 2 nitrogen and oxygen atoms in total. The average Bonchev–Trinajstić information content (AvgIpc) is 2.46. The van der Waals surface area contributed by atoms with Crippen LogP contribution >= 0.6 is 0 Å². The highest BCUT2D eigenvalue weighted by Gasteiger charge is 2.14. The second-order valence-electron chi connectivity index (χ2n) is 5.40. The summed E-state index contributed by atoms with van der Waals surface area (Å²) in [5, 5.41) is 20.5. The number of aromatic hydroxyl groups is 1. The standard InChI is InChI=1S/C18H22O2/c1-3-14(16-6-10-18(20)11-7-16)12-13(2)15-4-8-17(19)9-5-15/h4-11,13-14,19-20H,3,12H2,1-2H3/p-1. The lowest BCUT2D eigenvalue weighted by molar-refractivity contribution is -0.268. The number of phenols is 1. The number of benzene rings is 2. The largest absolute Gasteiger partial charge is 0.872 e. The predicted molar refractivity (Wildman–Crippen MR) is 80.1 cm³/mol. The minimum absolute atomic E-state index is 0.0650. The maximum atomic E-state index is 11.2. The van der Waals surface area contributed by atoms with Crippen LogP contribution in [0.4, 0.5) is 0 Å². The van der Waals surface area contributed by atoms with Gasteiger partial charge in [0.25, 0.3) is 0 Å². The topological polar surface area (TPSA) is 43.3 Å². The van der Waals surface area contributed by atoms with Crippen molar-refractivity contribution in [3.05, 3.63) is 59.7 Å². The zero-order valence-corrected chi connectivity index (χ0v) is 12.0. The van der Waals surface area contributed by atoms with E-state index in [0.717, 1.165) is 12.8 Å². The van der Waals surface area contributed by atoms with Gasteiger partial charge >= 0.3 is 0 Å². The Balaban J connectivity index is 2.09. The van der Waals surface area contributed by atoms with Crippen LogP contribution in [0, 0.1) is 0 Å². The third-order valence-corrected chi connectivity index (χ3v) is 3.94. The van der Waals surface area contributed by atoms with Crippen LogP contribution in [0.5, 0.6) is 11.5 Å². The molecule has 2 rings (SSSR count). The molecule has 1 N–H and O–H groups in total. The van der Waals surface area contributed by atoms with Crippen LogP contribution in [0.3, 0.4) is 0 Å². The first-order valence-electron chi connectivity index (χ1n) is 7.16. The molecule has 0 aliphatic heterocycles. The van der Waals surface area contributed by atoms with Crippen LogP contribution in [0.25, 0.3) is 0 Å². The van der Waals surface area contributed by atoms with Crippen LogP contribution in [0.2, 0.25) is 0 Å². The minimum Gasteiger partial charge on any atom is -0.872 e. The van der Waals surface area contributed by atoms with Gasteiger partial charge in [-0.3, -0.25) is 0 Å². The quantitative estimate of drug-likeness (QED) is 0.886. The van der Waals surface area contributed by atoms with Gasteiger partial charge < -0.3 is 10.2 Å². The van der Waals surface area contributed by atoms with Crippen molar-refractivity contribution in [1.29, 1.82) is 0 Å². The maximum absolute atomic E-state index is 11.2. The highest BCUT2D eigenvalue weighted by Crippen LogP contribution is 2.32. The van der Waals surface area contributed by atoms with Crippen LogP contribution in [0.1, 0.15) is 49.7 Å². The molecule has 0 aliphatic rings. The van der Waals surface area contributed by atoms with Gasteiger partial charge in [-0.05, 0) is 47.9 Å². The molecular formula is C18H21O2-. The van der Waals surface area contributed by atoms with E-state index in [4.69, 9.17) is 0 Å². The smallest absolute Gasteiger partial charge is 0.115 e. The van der Waals surface area contributed by atoms with E-state index in [1.807, 2.05) is 24.3 Å². The monoisotopic (exact) mass is 269 g/mol. The molecule has 0 spiro atoms. The summed E-state index contributed by atoms with van der Waals surface area (Å²) in [5.41, 5.74) is 2.47. The van der Waals surface area contributed by atoms with Crippen molar-refractivity contribution in [3.8, 4) is 11.5 Å². The molecule has 0 saturated carbocycles. The summed E-state index contributed by atoms with van der Waals surface area (Å²) >= 11 is 0. The first kappa shape index (κ1) is 14.4. The molecule has 0 amide bonds. The second-order valence-corrected chi connectivity index (χ2v) is 5.40. The Morgan fingerprint density at radius 1 is 0.950 bits per heavy atom. The predicted octanol–water partition coefficient (Wildman–Crippen LogP) is 4.15. The molecular weight excluding hydrogens is 248 g/mol. The molecule has 0 bridgehead atoms. The highest BCUT2D eigenvalue weighted by atomic mass is 16.3. The lowest BCUT2D eigenvalue weighted by Crippen LogP contribution is -2.04. The van der Waals surface area contributed by atoms with Crippen LogP contribution in [0.15, 0.2) is 48.5 Å². The van der Waals surface area contributed by atoms with Crippen molar-refractivity contribution >= 4 is 0 Å². The Morgan fingerprint density at radius 3 is 2.05 bits per heavy atom. The van der Waals surface area contributed by atoms with Crippen LogP contribution in [-0.4, -0.2) is 5.11 Å². The van der Waals surface area contributed by atoms with E-state index in [2.05, 4.69) is 13.8 Å². The molecule has 0 radical (unpaired) electrons. The van der Waals surface area contributed by atoms with Crippen molar-refractivity contribution in [2.75, 3.05) is 0 Å². The lowest BCUT2D eigenvalue weighted by atomic mass is 9.84. The number of hydrogen-bond acceptors (Lipinski definition) is 2. The maximum Gasteiger partial charge on any atom is 0.115 e. The zero-order chi connectivity index (χ0) is 14.5. The molecule has 0 aliphatic carbocycles. The molecule has 2 aromatic carbocycles. The molecule has 0 saturated heterocycles. The Morgan fingerprint density at radius 2 is 1.50 bits per heavy atom. The number of rotatable bonds is 5. The molecule has 0 heterocycles. The summed E-state index contributed by atoms with van der Waals surface area (Å²) in [6, 6.07) is 14.6. The Hall–Kier alpha value is -1.96. The third-order valence-electron chi connectivity index (χ3n) is 3.94. The molecule has 106 valence electrons. The summed E-state index contributed by atoms with van der Waals surface area (Å²) in [6.45, 7) is 4.39. The van der Waals surface area contributed by atoms with Gasteiger partial charge in [0.2, 0.25) is 0 Å². The molecule has 20 heavy (non-hydrogen) atoms. The van der Waals surface area contributed by atoms with Gasteiger partial charge in [0, 0.05) is 0 Å². The van der Waals surface area contributed by atoms with Gasteiger partial charge in [-0.15, -0.1) is 5.75 Å². The summed E-state index contributed by atoms with van der Waals surface area (Å²) in [4.78, 5) is 0. The van der Waals surface area contributed by atoms with Gasteiger partial charge in [0.1, 0.15) is 5.75 Å². The first-order chi connectivity index (χ1) is 9.60. The summed E-state index contributed by atoms with van der Waals surface area (Å²) < 4.78 is 0. The average molecular weight is 269 g/mol. The number of phenolic OH excluding ortho intramolecular Hbond substituents is 1. The fraction of sp³-hybridized carbons (Fsp3) is 0.333. The van der Waals surface area contributed by atoms with E-state index in [1.165, 1.54) is 11.1 Å². The second kappa shape index (κ2) is 6.47. The van der Waals surface area contributed by atoms with Crippen LogP contribution in [-0.2, 0) is 0 Å². The van der Waals surface area contributed by atoms with Crippen molar-refractivity contribution in [2.45, 2.75) is 38.5 Å². The van der Waals surface area contributed by atoms with E-state index in [0.29, 0.717) is 17.6 Å². The van der Waals surface area contributed by atoms with Crippen molar-refractivity contribution in [1.82, 2.24) is 0 Å². The van der Waals surface area contributed by atoms with E-state index in [-0.39, 0.29) is 5.75 Å². The van der Waals surface area contributed by atoms with Gasteiger partial charge in [0.05, 0.1) is 0 Å².